The summed E-state index contributed by atoms with van der Waals surface area (Å²) in [5.41, 5.74) is 0.958. The van der Waals surface area contributed by atoms with Crippen LogP contribution < -0.4 is 5.32 Å². The third-order valence-corrected chi connectivity index (χ3v) is 4.54. The molecule has 1 aromatic rings. The van der Waals surface area contributed by atoms with E-state index in [1.807, 2.05) is 23.9 Å². The molecule has 88 valence electrons. The molecule has 1 unspecified atom stereocenters. The van der Waals surface area contributed by atoms with Gasteiger partial charge in [0.1, 0.15) is 5.75 Å². The van der Waals surface area contributed by atoms with Crippen molar-refractivity contribution >= 4 is 27.7 Å². The van der Waals surface area contributed by atoms with Crippen molar-refractivity contribution in [3.05, 3.63) is 28.2 Å². The van der Waals surface area contributed by atoms with Crippen LogP contribution in [0.3, 0.4) is 0 Å². The maximum atomic E-state index is 9.66. The number of thioether (sulfide) groups is 1. The zero-order valence-electron chi connectivity index (χ0n) is 9.08. The first kappa shape index (κ1) is 12.3. The quantitative estimate of drug-likeness (QED) is 0.897. The van der Waals surface area contributed by atoms with Gasteiger partial charge in [0.15, 0.2) is 0 Å². The van der Waals surface area contributed by atoms with Crippen LogP contribution in [-0.2, 0) is 6.54 Å². The zero-order chi connectivity index (χ0) is 11.4. The summed E-state index contributed by atoms with van der Waals surface area (Å²) in [7, 11) is 0. The molecule has 0 amide bonds. The van der Waals surface area contributed by atoms with E-state index in [1.165, 1.54) is 17.9 Å². The van der Waals surface area contributed by atoms with Gasteiger partial charge in [-0.2, -0.15) is 11.8 Å². The average Bonchev–Trinajstić information content (AvgIpc) is 2.76. The second kappa shape index (κ2) is 5.94. The summed E-state index contributed by atoms with van der Waals surface area (Å²) >= 11 is 5.45. The SMILES string of the molecule is Oc1ccc(Br)cc1CNCC1CCSC1. The van der Waals surface area contributed by atoms with Gasteiger partial charge in [0.25, 0.3) is 0 Å². The molecule has 0 spiro atoms. The number of aromatic hydroxyl groups is 1. The Hall–Kier alpha value is -0.190. The van der Waals surface area contributed by atoms with Crippen molar-refractivity contribution in [3.8, 4) is 5.75 Å². The summed E-state index contributed by atoms with van der Waals surface area (Å²) in [5, 5.41) is 13.1. The van der Waals surface area contributed by atoms with Crippen molar-refractivity contribution in [2.75, 3.05) is 18.1 Å². The molecular weight excluding hydrogens is 286 g/mol. The van der Waals surface area contributed by atoms with E-state index in [0.29, 0.717) is 5.75 Å². The Bertz CT molecular complexity index is 353. The molecule has 16 heavy (non-hydrogen) atoms. The fourth-order valence-electron chi connectivity index (χ4n) is 1.85. The van der Waals surface area contributed by atoms with Crippen LogP contribution in [0.15, 0.2) is 22.7 Å². The van der Waals surface area contributed by atoms with Crippen LogP contribution in [-0.4, -0.2) is 23.2 Å². The molecule has 1 aliphatic heterocycles. The van der Waals surface area contributed by atoms with E-state index in [-0.39, 0.29) is 0 Å². The molecule has 0 saturated carbocycles. The predicted molar refractivity (Wildman–Crippen MR) is 72.9 cm³/mol. The van der Waals surface area contributed by atoms with Gasteiger partial charge in [-0.15, -0.1) is 0 Å². The Morgan fingerprint density at radius 1 is 1.50 bits per heavy atom. The van der Waals surface area contributed by atoms with Gasteiger partial charge in [-0.1, -0.05) is 15.9 Å². The highest BCUT2D eigenvalue weighted by atomic mass is 79.9. The van der Waals surface area contributed by atoms with E-state index in [4.69, 9.17) is 0 Å². The topological polar surface area (TPSA) is 32.3 Å². The molecule has 1 fully saturated rings. The maximum Gasteiger partial charge on any atom is 0.120 e. The molecule has 0 aliphatic carbocycles. The number of hydrogen-bond donors (Lipinski definition) is 2. The second-order valence-corrected chi connectivity index (χ2v) is 6.20. The number of hydrogen-bond acceptors (Lipinski definition) is 3. The van der Waals surface area contributed by atoms with E-state index in [1.54, 1.807) is 6.07 Å². The van der Waals surface area contributed by atoms with Gasteiger partial charge in [0.2, 0.25) is 0 Å². The van der Waals surface area contributed by atoms with E-state index >= 15 is 0 Å². The van der Waals surface area contributed by atoms with E-state index < -0.39 is 0 Å². The zero-order valence-corrected chi connectivity index (χ0v) is 11.5. The lowest BCUT2D eigenvalue weighted by atomic mass is 10.1. The van der Waals surface area contributed by atoms with Gasteiger partial charge in [-0.3, -0.25) is 0 Å². The lowest BCUT2D eigenvalue weighted by Gasteiger charge is -2.11. The summed E-state index contributed by atoms with van der Waals surface area (Å²) in [6, 6.07) is 5.55. The minimum absolute atomic E-state index is 0.372. The van der Waals surface area contributed by atoms with Crippen molar-refractivity contribution in [2.45, 2.75) is 13.0 Å². The second-order valence-electron chi connectivity index (χ2n) is 4.13. The van der Waals surface area contributed by atoms with Crippen LogP contribution in [0, 0.1) is 5.92 Å². The van der Waals surface area contributed by atoms with Crippen molar-refractivity contribution in [2.24, 2.45) is 5.92 Å². The minimum Gasteiger partial charge on any atom is -0.508 e. The molecule has 0 bridgehead atoms. The molecule has 0 radical (unpaired) electrons. The lowest BCUT2D eigenvalue weighted by molar-refractivity contribution is 0.459. The van der Waals surface area contributed by atoms with E-state index in [0.717, 1.165) is 29.0 Å². The van der Waals surface area contributed by atoms with Gasteiger partial charge in [-0.25, -0.2) is 0 Å². The van der Waals surface area contributed by atoms with E-state index in [2.05, 4.69) is 21.2 Å². The third kappa shape index (κ3) is 3.40. The van der Waals surface area contributed by atoms with Crippen LogP contribution in [0.1, 0.15) is 12.0 Å². The predicted octanol–water partition coefficient (Wildman–Crippen LogP) is 3.00. The standard InChI is InChI=1S/C12H16BrNOS/c13-11-1-2-12(15)10(5-11)7-14-6-9-3-4-16-8-9/h1-2,5,9,14-15H,3-4,6-8H2. The molecule has 1 saturated heterocycles. The third-order valence-electron chi connectivity index (χ3n) is 2.81. The monoisotopic (exact) mass is 301 g/mol. The molecule has 2 rings (SSSR count). The van der Waals surface area contributed by atoms with Crippen molar-refractivity contribution in [1.82, 2.24) is 5.32 Å². The molecule has 1 aromatic carbocycles. The number of rotatable bonds is 4. The molecule has 1 atom stereocenters. The number of phenols is 1. The first-order valence-corrected chi connectivity index (χ1v) is 7.46. The van der Waals surface area contributed by atoms with Gasteiger partial charge in [0, 0.05) is 16.6 Å². The van der Waals surface area contributed by atoms with E-state index in [9.17, 15) is 5.11 Å². The summed E-state index contributed by atoms with van der Waals surface area (Å²) in [6.07, 6.45) is 1.32. The minimum atomic E-state index is 0.372. The highest BCUT2D eigenvalue weighted by Crippen LogP contribution is 2.24. The molecule has 1 aliphatic rings. The van der Waals surface area contributed by atoms with Crippen LogP contribution >= 0.6 is 27.7 Å². The average molecular weight is 302 g/mol. The van der Waals surface area contributed by atoms with Gasteiger partial charge >= 0.3 is 0 Å². The fourth-order valence-corrected chi connectivity index (χ4v) is 3.54. The first-order valence-electron chi connectivity index (χ1n) is 5.51. The Balaban J connectivity index is 1.82. The Labute approximate surface area is 109 Å². The lowest BCUT2D eigenvalue weighted by Crippen LogP contribution is -2.22. The van der Waals surface area contributed by atoms with Crippen LogP contribution in [0.2, 0.25) is 0 Å². The Morgan fingerprint density at radius 3 is 3.12 bits per heavy atom. The first-order chi connectivity index (χ1) is 7.75. The summed E-state index contributed by atoms with van der Waals surface area (Å²) in [4.78, 5) is 0. The van der Waals surface area contributed by atoms with Crippen LogP contribution in [0.5, 0.6) is 5.75 Å². The molecule has 2 N–H and O–H groups in total. The number of benzene rings is 1. The molecule has 4 heteroatoms. The van der Waals surface area contributed by atoms with Gasteiger partial charge in [0.05, 0.1) is 0 Å². The van der Waals surface area contributed by atoms with Crippen LogP contribution in [0.4, 0.5) is 0 Å². The van der Waals surface area contributed by atoms with Crippen LogP contribution in [0.25, 0.3) is 0 Å². The molecule has 1 heterocycles. The Morgan fingerprint density at radius 2 is 2.38 bits per heavy atom. The normalized spacial score (nSPS) is 20.2. The summed E-state index contributed by atoms with van der Waals surface area (Å²) in [6.45, 7) is 1.80. The molecule has 0 aromatic heterocycles. The molecule has 2 nitrogen and oxygen atoms in total. The maximum absolute atomic E-state index is 9.66. The van der Waals surface area contributed by atoms with Gasteiger partial charge < -0.3 is 10.4 Å². The van der Waals surface area contributed by atoms with Gasteiger partial charge in [-0.05, 0) is 48.6 Å². The number of halogens is 1. The highest BCUT2D eigenvalue weighted by molar-refractivity contribution is 9.10. The smallest absolute Gasteiger partial charge is 0.120 e. The van der Waals surface area contributed by atoms with Crippen molar-refractivity contribution in [1.29, 1.82) is 0 Å². The summed E-state index contributed by atoms with van der Waals surface area (Å²) < 4.78 is 1.01. The largest absolute Gasteiger partial charge is 0.508 e. The number of phenolic OH excluding ortho intramolecular Hbond substituents is 1. The van der Waals surface area contributed by atoms with Crippen molar-refractivity contribution < 1.29 is 5.11 Å². The van der Waals surface area contributed by atoms with Crippen molar-refractivity contribution in [3.63, 3.8) is 0 Å². The molecular formula is C12H16BrNOS. The highest BCUT2D eigenvalue weighted by Gasteiger charge is 2.14. The summed E-state index contributed by atoms with van der Waals surface area (Å²) in [5.74, 6) is 3.75. The Kier molecular flexibility index (Phi) is 4.55. The number of nitrogens with one attached hydrogen (secondary N) is 1. The fraction of sp³-hybridized carbons (Fsp3) is 0.500.